The second-order valence-electron chi connectivity index (χ2n) is 7.63. The molecule has 0 aromatic carbocycles. The van der Waals surface area contributed by atoms with E-state index >= 15 is 0 Å². The van der Waals surface area contributed by atoms with E-state index in [-0.39, 0.29) is 18.4 Å². The zero-order valence-electron chi connectivity index (χ0n) is 18.2. The first-order chi connectivity index (χ1) is 16.4. The molecule has 0 unspecified atom stereocenters. The molecule has 1 aliphatic rings. The highest BCUT2D eigenvalue weighted by molar-refractivity contribution is 6.03. The Balaban J connectivity index is 1.46. The summed E-state index contributed by atoms with van der Waals surface area (Å²) in [6, 6.07) is 1.84. The van der Waals surface area contributed by atoms with E-state index in [2.05, 4.69) is 30.4 Å². The van der Waals surface area contributed by atoms with E-state index in [1.807, 2.05) is 13.0 Å². The molecule has 0 aliphatic carbocycles. The monoisotopic (exact) mass is 467 g/mol. The van der Waals surface area contributed by atoms with Gasteiger partial charge in [-0.25, -0.2) is 18.7 Å². The molecule has 0 saturated heterocycles. The Labute approximate surface area is 192 Å². The van der Waals surface area contributed by atoms with E-state index in [0.717, 1.165) is 10.2 Å². The van der Waals surface area contributed by atoms with Crippen LogP contribution in [-0.2, 0) is 11.3 Å². The molecule has 4 aromatic rings. The molecule has 5 rings (SSSR count). The Hall–Kier alpha value is -4.42. The fraction of sp³-hybridized carbons (Fsp3) is 0.238. The number of carbonyl (C=O) groups is 1. The maximum absolute atomic E-state index is 12.7. The second-order valence-corrected chi connectivity index (χ2v) is 7.63. The summed E-state index contributed by atoms with van der Waals surface area (Å²) in [6.45, 7) is 1.34. The van der Waals surface area contributed by atoms with Crippen molar-refractivity contribution in [1.29, 1.82) is 0 Å². The normalized spacial score (nSPS) is 13.5. The van der Waals surface area contributed by atoms with Crippen LogP contribution in [0.5, 0.6) is 0 Å². The second kappa shape index (κ2) is 8.50. The third-order valence-electron chi connectivity index (χ3n) is 5.33. The number of pyridine rings is 1. The fourth-order valence-corrected chi connectivity index (χ4v) is 3.54. The van der Waals surface area contributed by atoms with Crippen LogP contribution < -0.4 is 15.1 Å². The molecule has 0 bridgehead atoms. The van der Waals surface area contributed by atoms with Crippen LogP contribution in [0.1, 0.15) is 5.56 Å². The van der Waals surface area contributed by atoms with Crippen molar-refractivity contribution >= 4 is 34.7 Å². The van der Waals surface area contributed by atoms with Gasteiger partial charge in [0.1, 0.15) is 24.5 Å². The fourth-order valence-electron chi connectivity index (χ4n) is 3.54. The van der Waals surface area contributed by atoms with E-state index < -0.39 is 13.0 Å². The van der Waals surface area contributed by atoms with Gasteiger partial charge < -0.3 is 19.5 Å². The minimum atomic E-state index is -2.54. The largest absolute Gasteiger partial charge is 0.442 e. The number of aryl methyl sites for hydroxylation is 1. The molecule has 0 radical (unpaired) electrons. The highest BCUT2D eigenvalue weighted by Crippen LogP contribution is 2.36. The van der Waals surface area contributed by atoms with Crippen LogP contribution in [0, 0.1) is 6.92 Å². The number of carbonyl (C=O) groups excluding carboxylic acids is 1. The van der Waals surface area contributed by atoms with E-state index in [9.17, 15) is 13.6 Å². The van der Waals surface area contributed by atoms with Gasteiger partial charge in [-0.05, 0) is 18.6 Å². The lowest BCUT2D eigenvalue weighted by atomic mass is 10.2. The molecule has 0 atom stereocenters. The number of alkyl halides is 2. The number of fused-ring (bicyclic) bond motifs is 1. The highest BCUT2D eigenvalue weighted by atomic mass is 19.3. The van der Waals surface area contributed by atoms with E-state index in [4.69, 9.17) is 4.42 Å². The number of rotatable bonds is 6. The first-order valence-electron chi connectivity index (χ1n) is 10.2. The van der Waals surface area contributed by atoms with Crippen LogP contribution in [0.4, 0.5) is 37.6 Å². The molecule has 1 amide bonds. The number of nitrogens with one attached hydrogen (secondary N) is 1. The van der Waals surface area contributed by atoms with Crippen molar-refractivity contribution < 1.29 is 18.0 Å². The summed E-state index contributed by atoms with van der Waals surface area (Å²) in [5.74, 6) is 1.08. The number of halogens is 2. The minimum absolute atomic E-state index is 0.0210. The third kappa shape index (κ3) is 4.02. The standard InChI is InChI=1S/C21H19F2N9O2/c1-12-3-14(17-7-24-11-34-17)25-5-15(12)28-21-26-6-16-20(29-21)32(10-19(33)30(16)2)13-4-27-31(8-13)9-18(22)23/h3-8,11,18H,9-10H2,1-2H3,(H,26,28,29). The summed E-state index contributed by atoms with van der Waals surface area (Å²) in [5.41, 5.74) is 3.15. The molecule has 1 N–H and O–H groups in total. The molecule has 0 saturated carbocycles. The van der Waals surface area contributed by atoms with Crippen LogP contribution in [0.15, 0.2) is 47.9 Å². The van der Waals surface area contributed by atoms with Crippen LogP contribution in [-0.4, -0.2) is 55.6 Å². The van der Waals surface area contributed by atoms with Crippen molar-refractivity contribution in [2.24, 2.45) is 0 Å². The summed E-state index contributed by atoms with van der Waals surface area (Å²) >= 11 is 0. The zero-order valence-corrected chi connectivity index (χ0v) is 18.2. The Morgan fingerprint density at radius 1 is 1.21 bits per heavy atom. The van der Waals surface area contributed by atoms with Gasteiger partial charge >= 0.3 is 0 Å². The van der Waals surface area contributed by atoms with Crippen LogP contribution >= 0.6 is 0 Å². The molecule has 11 nitrogen and oxygen atoms in total. The number of aromatic nitrogens is 6. The average Bonchev–Trinajstić information content (AvgIpc) is 3.50. The lowest BCUT2D eigenvalue weighted by molar-refractivity contribution is -0.117. The molecule has 174 valence electrons. The Kier molecular flexibility index (Phi) is 5.36. The number of nitrogens with zero attached hydrogens (tertiary/aromatic N) is 8. The maximum Gasteiger partial charge on any atom is 0.257 e. The van der Waals surface area contributed by atoms with Crippen molar-refractivity contribution in [2.75, 3.05) is 28.7 Å². The number of oxazole rings is 1. The first-order valence-corrected chi connectivity index (χ1v) is 10.2. The van der Waals surface area contributed by atoms with Gasteiger partial charge in [0.05, 0.1) is 36.2 Å². The zero-order chi connectivity index (χ0) is 23.8. The number of hydrogen-bond donors (Lipinski definition) is 1. The summed E-state index contributed by atoms with van der Waals surface area (Å²) in [5, 5.41) is 7.11. The topological polar surface area (TPSA) is 118 Å². The lowest BCUT2D eigenvalue weighted by Crippen LogP contribution is -2.42. The van der Waals surface area contributed by atoms with Crippen molar-refractivity contribution in [1.82, 2.24) is 29.7 Å². The Bertz CT molecular complexity index is 1340. The average molecular weight is 467 g/mol. The Morgan fingerprint density at radius 2 is 2.06 bits per heavy atom. The quantitative estimate of drug-likeness (QED) is 0.456. The van der Waals surface area contributed by atoms with Gasteiger partial charge in [0.15, 0.2) is 18.0 Å². The van der Waals surface area contributed by atoms with Crippen LogP contribution in [0.25, 0.3) is 11.5 Å². The molecule has 5 heterocycles. The van der Waals surface area contributed by atoms with Gasteiger partial charge in [0.25, 0.3) is 6.43 Å². The van der Waals surface area contributed by atoms with E-state index in [1.54, 1.807) is 24.3 Å². The summed E-state index contributed by atoms with van der Waals surface area (Å²) in [7, 11) is 1.63. The molecule has 1 aliphatic heterocycles. The number of amides is 1. The van der Waals surface area contributed by atoms with Gasteiger partial charge in [-0.1, -0.05) is 0 Å². The minimum Gasteiger partial charge on any atom is -0.442 e. The van der Waals surface area contributed by atoms with Gasteiger partial charge in [-0.15, -0.1) is 0 Å². The molecular weight excluding hydrogens is 448 g/mol. The predicted molar refractivity (Wildman–Crippen MR) is 118 cm³/mol. The number of likely N-dealkylation sites (N-methyl/N-ethyl adjacent to an activating group) is 1. The third-order valence-corrected chi connectivity index (χ3v) is 5.33. The summed E-state index contributed by atoms with van der Waals surface area (Å²) in [6.07, 6.45) is 6.43. The van der Waals surface area contributed by atoms with Gasteiger partial charge in [0.2, 0.25) is 11.9 Å². The smallest absolute Gasteiger partial charge is 0.257 e. The molecule has 0 fully saturated rings. The van der Waals surface area contributed by atoms with Crippen molar-refractivity contribution in [2.45, 2.75) is 19.9 Å². The van der Waals surface area contributed by atoms with Crippen molar-refractivity contribution in [3.8, 4) is 11.5 Å². The Morgan fingerprint density at radius 3 is 2.79 bits per heavy atom. The van der Waals surface area contributed by atoms with Crippen LogP contribution in [0.2, 0.25) is 0 Å². The highest BCUT2D eigenvalue weighted by Gasteiger charge is 2.31. The van der Waals surface area contributed by atoms with Gasteiger partial charge in [-0.3, -0.25) is 14.5 Å². The van der Waals surface area contributed by atoms with E-state index in [1.165, 1.54) is 29.9 Å². The summed E-state index contributed by atoms with van der Waals surface area (Å²) in [4.78, 5) is 32.8. The maximum atomic E-state index is 12.7. The molecule has 13 heteroatoms. The molecule has 4 aromatic heterocycles. The van der Waals surface area contributed by atoms with Crippen molar-refractivity contribution in [3.63, 3.8) is 0 Å². The number of hydrogen-bond acceptors (Lipinski definition) is 9. The predicted octanol–water partition coefficient (Wildman–Crippen LogP) is 3.15. The van der Waals surface area contributed by atoms with Gasteiger partial charge in [-0.2, -0.15) is 10.1 Å². The molecular formula is C21H19F2N9O2. The lowest BCUT2D eigenvalue weighted by Gasteiger charge is -2.33. The number of anilines is 5. The van der Waals surface area contributed by atoms with E-state index in [0.29, 0.717) is 34.3 Å². The van der Waals surface area contributed by atoms with Crippen molar-refractivity contribution in [3.05, 3.63) is 49.0 Å². The molecule has 0 spiro atoms. The first kappa shape index (κ1) is 21.4. The summed E-state index contributed by atoms with van der Waals surface area (Å²) < 4.78 is 31.9. The van der Waals surface area contributed by atoms with Gasteiger partial charge in [0, 0.05) is 13.2 Å². The van der Waals surface area contributed by atoms with Crippen LogP contribution in [0.3, 0.4) is 0 Å². The SMILES string of the molecule is Cc1cc(-c2cnco2)ncc1Nc1ncc2c(n1)N(c1cnn(CC(F)F)c1)CC(=O)N2C. The molecule has 34 heavy (non-hydrogen) atoms.